The minimum atomic E-state index is -0.417. The van der Waals surface area contributed by atoms with Crippen LogP contribution in [0.15, 0.2) is 18.2 Å². The first kappa shape index (κ1) is 7.35. The van der Waals surface area contributed by atoms with Crippen molar-refractivity contribution in [1.82, 2.24) is 0 Å². The molecule has 3 heteroatoms. The number of hydrogen-bond acceptors (Lipinski definition) is 1. The summed E-state index contributed by atoms with van der Waals surface area (Å²) < 4.78 is 17.3. The van der Waals surface area contributed by atoms with Gasteiger partial charge in [0.25, 0.3) is 0 Å². The van der Waals surface area contributed by atoms with E-state index in [0.717, 1.165) is 0 Å². The maximum Gasteiger partial charge on any atom is 0.165 e. The SMILES string of the molecule is Fc1cc[c]cc1OCCl. The summed E-state index contributed by atoms with van der Waals surface area (Å²) in [4.78, 5) is 0. The van der Waals surface area contributed by atoms with Gasteiger partial charge in [-0.05, 0) is 18.2 Å². The van der Waals surface area contributed by atoms with Crippen LogP contribution in [-0.4, -0.2) is 6.07 Å². The van der Waals surface area contributed by atoms with E-state index in [2.05, 4.69) is 6.07 Å². The molecular formula is C7H5ClFO. The summed E-state index contributed by atoms with van der Waals surface area (Å²) in [6.07, 6.45) is 0. The largest absolute Gasteiger partial charge is 0.475 e. The Labute approximate surface area is 63.4 Å². The molecule has 0 fully saturated rings. The molecule has 0 aromatic heterocycles. The Morgan fingerprint density at radius 3 is 3.10 bits per heavy atom. The molecule has 1 aromatic carbocycles. The fraction of sp³-hybridized carbons (Fsp3) is 0.143. The monoisotopic (exact) mass is 159 g/mol. The van der Waals surface area contributed by atoms with E-state index in [-0.39, 0.29) is 11.8 Å². The van der Waals surface area contributed by atoms with Crippen LogP contribution >= 0.6 is 11.6 Å². The highest BCUT2D eigenvalue weighted by atomic mass is 35.5. The molecule has 0 saturated carbocycles. The van der Waals surface area contributed by atoms with Gasteiger partial charge in [-0.15, -0.1) is 0 Å². The molecule has 1 rings (SSSR count). The van der Waals surface area contributed by atoms with Gasteiger partial charge in [-0.3, -0.25) is 0 Å². The highest BCUT2D eigenvalue weighted by molar-refractivity contribution is 6.17. The first-order valence-corrected chi connectivity index (χ1v) is 3.22. The molecule has 0 aliphatic heterocycles. The average molecular weight is 160 g/mol. The van der Waals surface area contributed by atoms with E-state index >= 15 is 0 Å². The molecule has 1 aromatic rings. The smallest absolute Gasteiger partial charge is 0.165 e. The van der Waals surface area contributed by atoms with Crippen LogP contribution in [0.5, 0.6) is 5.75 Å². The minimum absolute atomic E-state index is 0.0469. The summed E-state index contributed by atoms with van der Waals surface area (Å²) >= 11 is 5.21. The Bertz CT molecular complexity index is 215. The van der Waals surface area contributed by atoms with Crippen molar-refractivity contribution >= 4 is 11.6 Å². The van der Waals surface area contributed by atoms with Crippen molar-refractivity contribution in [2.75, 3.05) is 6.07 Å². The highest BCUT2D eigenvalue weighted by Crippen LogP contribution is 2.14. The highest BCUT2D eigenvalue weighted by Gasteiger charge is 1.98. The zero-order valence-electron chi connectivity index (χ0n) is 5.10. The van der Waals surface area contributed by atoms with Crippen molar-refractivity contribution in [3.63, 3.8) is 0 Å². The van der Waals surface area contributed by atoms with Crippen molar-refractivity contribution in [2.45, 2.75) is 0 Å². The van der Waals surface area contributed by atoms with Gasteiger partial charge in [-0.1, -0.05) is 17.7 Å². The first-order valence-electron chi connectivity index (χ1n) is 2.69. The third-order valence-electron chi connectivity index (χ3n) is 0.986. The number of halogens is 2. The zero-order chi connectivity index (χ0) is 7.40. The molecule has 1 radical (unpaired) electrons. The van der Waals surface area contributed by atoms with Crippen molar-refractivity contribution < 1.29 is 9.13 Å². The molecule has 0 saturated heterocycles. The van der Waals surface area contributed by atoms with Gasteiger partial charge in [0.2, 0.25) is 0 Å². The van der Waals surface area contributed by atoms with Crippen molar-refractivity contribution in [1.29, 1.82) is 0 Å². The molecule has 0 aliphatic rings. The number of ether oxygens (including phenoxy) is 1. The zero-order valence-corrected chi connectivity index (χ0v) is 5.86. The Morgan fingerprint density at radius 1 is 1.70 bits per heavy atom. The molecule has 53 valence electrons. The van der Waals surface area contributed by atoms with E-state index < -0.39 is 5.82 Å². The lowest BCUT2D eigenvalue weighted by Gasteiger charge is -2.00. The van der Waals surface area contributed by atoms with Gasteiger partial charge in [0.05, 0.1) is 0 Å². The molecule has 0 spiro atoms. The lowest BCUT2D eigenvalue weighted by atomic mass is 10.3. The summed E-state index contributed by atoms with van der Waals surface area (Å²) in [7, 11) is 0. The predicted octanol–water partition coefficient (Wildman–Crippen LogP) is 2.20. The van der Waals surface area contributed by atoms with E-state index in [4.69, 9.17) is 16.3 Å². The topological polar surface area (TPSA) is 9.23 Å². The molecule has 0 heterocycles. The van der Waals surface area contributed by atoms with Crippen molar-refractivity contribution in [2.24, 2.45) is 0 Å². The molecule has 0 atom stereocenters. The van der Waals surface area contributed by atoms with Crippen LogP contribution in [0.4, 0.5) is 4.39 Å². The Kier molecular flexibility index (Phi) is 2.51. The fourth-order valence-electron chi connectivity index (χ4n) is 0.566. The van der Waals surface area contributed by atoms with E-state index in [1.54, 1.807) is 0 Å². The van der Waals surface area contributed by atoms with E-state index in [0.29, 0.717) is 0 Å². The van der Waals surface area contributed by atoms with Gasteiger partial charge in [-0.25, -0.2) is 4.39 Å². The lowest BCUT2D eigenvalue weighted by Crippen LogP contribution is -1.91. The molecule has 0 bridgehead atoms. The molecular weight excluding hydrogens is 155 g/mol. The van der Waals surface area contributed by atoms with Gasteiger partial charge in [0.15, 0.2) is 17.6 Å². The van der Waals surface area contributed by atoms with Crippen LogP contribution in [-0.2, 0) is 0 Å². The summed E-state index contributed by atoms with van der Waals surface area (Å²) in [5, 5.41) is 0. The van der Waals surface area contributed by atoms with Crippen molar-refractivity contribution in [3.8, 4) is 5.75 Å². The predicted molar refractivity (Wildman–Crippen MR) is 36.6 cm³/mol. The Morgan fingerprint density at radius 2 is 2.50 bits per heavy atom. The molecule has 0 unspecified atom stereocenters. The number of rotatable bonds is 2. The van der Waals surface area contributed by atoms with Gasteiger partial charge in [-0.2, -0.15) is 0 Å². The first-order chi connectivity index (χ1) is 4.84. The second-order valence-electron chi connectivity index (χ2n) is 1.61. The maximum atomic E-state index is 12.6. The molecule has 0 aliphatic carbocycles. The van der Waals surface area contributed by atoms with E-state index in [9.17, 15) is 4.39 Å². The number of hydrogen-bond donors (Lipinski definition) is 0. The van der Waals surface area contributed by atoms with Gasteiger partial charge in [0.1, 0.15) is 0 Å². The van der Waals surface area contributed by atoms with Gasteiger partial charge >= 0.3 is 0 Å². The molecule has 0 amide bonds. The average Bonchev–Trinajstić information content (AvgIpc) is 1.94. The standard InChI is InChI=1S/C7H5ClFO/c8-5-10-7-4-2-1-3-6(7)9/h1,3-4H,5H2. The van der Waals surface area contributed by atoms with Crippen LogP contribution in [0, 0.1) is 11.9 Å². The minimum Gasteiger partial charge on any atom is -0.475 e. The Hall–Kier alpha value is -0.760. The van der Waals surface area contributed by atoms with E-state index in [1.807, 2.05) is 0 Å². The fourth-order valence-corrected chi connectivity index (χ4v) is 0.683. The summed E-state index contributed by atoms with van der Waals surface area (Å²) in [5.74, 6) is -0.281. The van der Waals surface area contributed by atoms with Crippen LogP contribution in [0.3, 0.4) is 0 Å². The summed E-state index contributed by atoms with van der Waals surface area (Å²) in [6.45, 7) is 0. The number of benzene rings is 1. The summed E-state index contributed by atoms with van der Waals surface area (Å²) in [6, 6.07) is 6.75. The normalized spacial score (nSPS) is 9.40. The van der Waals surface area contributed by atoms with E-state index in [1.165, 1.54) is 18.2 Å². The summed E-state index contributed by atoms with van der Waals surface area (Å²) in [5.41, 5.74) is 0. The third-order valence-corrected chi connectivity index (χ3v) is 1.09. The number of alkyl halides is 1. The van der Waals surface area contributed by atoms with Crippen LogP contribution < -0.4 is 4.74 Å². The maximum absolute atomic E-state index is 12.6. The van der Waals surface area contributed by atoms with Crippen LogP contribution in [0.25, 0.3) is 0 Å². The lowest BCUT2D eigenvalue weighted by molar-refractivity contribution is 0.363. The second kappa shape index (κ2) is 3.42. The molecule has 10 heavy (non-hydrogen) atoms. The van der Waals surface area contributed by atoms with Crippen molar-refractivity contribution in [3.05, 3.63) is 30.1 Å². The Balaban J connectivity index is 2.81. The molecule has 1 nitrogen and oxygen atoms in total. The molecule has 0 N–H and O–H groups in total. The van der Waals surface area contributed by atoms with Gasteiger partial charge in [0, 0.05) is 0 Å². The quantitative estimate of drug-likeness (QED) is 0.602. The van der Waals surface area contributed by atoms with Crippen LogP contribution in [0.1, 0.15) is 0 Å². The second-order valence-corrected chi connectivity index (χ2v) is 1.83. The third kappa shape index (κ3) is 1.61. The van der Waals surface area contributed by atoms with Crippen LogP contribution in [0.2, 0.25) is 0 Å². The van der Waals surface area contributed by atoms with Gasteiger partial charge < -0.3 is 4.74 Å².